The largest absolute Gasteiger partial charge is 0.870 e. The van der Waals surface area contributed by atoms with E-state index in [9.17, 15) is 0 Å². The van der Waals surface area contributed by atoms with Gasteiger partial charge in [-0.1, -0.05) is 58.3 Å². The lowest BCUT2D eigenvalue weighted by Crippen LogP contribution is -2.12. The van der Waals surface area contributed by atoms with E-state index in [0.717, 1.165) is 10.9 Å². The zero-order chi connectivity index (χ0) is 12.8. The van der Waals surface area contributed by atoms with Crippen molar-refractivity contribution >= 4 is 10.9 Å². The predicted octanol–water partition coefficient (Wildman–Crippen LogP) is 5.39. The van der Waals surface area contributed by atoms with Gasteiger partial charge in [-0.2, -0.15) is 0 Å². The molecule has 0 unspecified atom stereocenters. The van der Waals surface area contributed by atoms with Crippen LogP contribution in [0.3, 0.4) is 0 Å². The normalized spacial score (nSPS) is 10.7. The Labute approximate surface area is 119 Å². The molecule has 0 rings (SSSR count). The van der Waals surface area contributed by atoms with Gasteiger partial charge < -0.3 is 5.48 Å². The first kappa shape index (κ1) is 20.6. The van der Waals surface area contributed by atoms with E-state index in [1.807, 2.05) is 0 Å². The molecule has 0 radical (unpaired) electrons. The van der Waals surface area contributed by atoms with Crippen LogP contribution in [0, 0.1) is 0 Å². The number of unbranched alkanes of at least 4 members (excludes halogenated alkanes) is 9. The second kappa shape index (κ2) is 17.3. The van der Waals surface area contributed by atoms with Crippen LogP contribution in [0.25, 0.3) is 0 Å². The minimum atomic E-state index is 0. The van der Waals surface area contributed by atoms with E-state index in [4.69, 9.17) is 0 Å². The van der Waals surface area contributed by atoms with Crippen LogP contribution >= 0.6 is 0 Å². The van der Waals surface area contributed by atoms with E-state index < -0.39 is 0 Å². The fraction of sp³-hybridized carbons (Fsp3) is 1.00. The summed E-state index contributed by atoms with van der Waals surface area (Å²) in [5, 5.41) is 0. The third-order valence-electron chi connectivity index (χ3n) is 3.60. The average molecular weight is 277 g/mol. The van der Waals surface area contributed by atoms with Gasteiger partial charge in [0.25, 0.3) is 0 Å². The third-order valence-corrected chi connectivity index (χ3v) is 6.10. The first-order chi connectivity index (χ1) is 8.35. The van der Waals surface area contributed by atoms with Gasteiger partial charge in [0.1, 0.15) is 17.3 Å². The van der Waals surface area contributed by atoms with Crippen molar-refractivity contribution in [3.63, 3.8) is 0 Å². The molecule has 0 atom stereocenters. The molecule has 0 heterocycles. The molecule has 1 N–H and O–H groups in total. The van der Waals surface area contributed by atoms with E-state index in [0.29, 0.717) is 0 Å². The van der Waals surface area contributed by atoms with Crippen molar-refractivity contribution in [3.05, 3.63) is 0 Å². The van der Waals surface area contributed by atoms with Gasteiger partial charge in [0.05, 0.1) is 0 Å². The third kappa shape index (κ3) is 14.4. The Kier molecular flexibility index (Phi) is 19.8. The van der Waals surface area contributed by atoms with Crippen LogP contribution in [0.2, 0.25) is 0 Å². The number of hydrogen-bond acceptors (Lipinski definition) is 1. The topological polar surface area (TPSA) is 30.0 Å². The van der Waals surface area contributed by atoms with Gasteiger partial charge >= 0.3 is 0 Å². The molecular formula is C16H36OS. The van der Waals surface area contributed by atoms with Crippen molar-refractivity contribution in [2.45, 2.75) is 85.0 Å². The summed E-state index contributed by atoms with van der Waals surface area (Å²) in [4.78, 5) is 0. The molecule has 0 bridgehead atoms. The first-order valence-electron chi connectivity index (χ1n) is 7.99. The Bertz CT molecular complexity index is 135. The number of hydrogen-bond donors (Lipinski definition) is 0. The Morgan fingerprint density at radius 1 is 0.556 bits per heavy atom. The molecule has 0 aromatic heterocycles. The zero-order valence-corrected chi connectivity index (χ0v) is 13.9. The summed E-state index contributed by atoms with van der Waals surface area (Å²) in [6.07, 6.45) is 14.7. The summed E-state index contributed by atoms with van der Waals surface area (Å²) in [7, 11) is 0.749. The van der Waals surface area contributed by atoms with E-state index in [1.54, 1.807) is 0 Å². The monoisotopic (exact) mass is 276 g/mol. The molecule has 0 aliphatic rings. The molecule has 0 spiro atoms. The van der Waals surface area contributed by atoms with Crippen molar-refractivity contribution in [1.29, 1.82) is 0 Å². The molecule has 0 aromatic carbocycles. The van der Waals surface area contributed by atoms with Crippen LogP contribution in [0.1, 0.15) is 85.0 Å². The van der Waals surface area contributed by atoms with E-state index in [2.05, 4.69) is 20.8 Å². The Balaban J connectivity index is 0. The summed E-state index contributed by atoms with van der Waals surface area (Å²) in [5.41, 5.74) is 0. The minimum Gasteiger partial charge on any atom is -0.870 e. The standard InChI is InChI=1S/C16H35S.H2O/c1-4-7-8-9-10-11-12-13-14-15-16-17(5-2)6-3;/h4-16H2,1-3H3;1H2/q+1;/p-1. The van der Waals surface area contributed by atoms with Crippen LogP contribution in [-0.2, 0) is 10.9 Å². The Hall–Kier alpha value is 0.310. The maximum atomic E-state index is 2.35. The van der Waals surface area contributed by atoms with Crippen molar-refractivity contribution < 1.29 is 5.48 Å². The summed E-state index contributed by atoms with van der Waals surface area (Å²) in [6.45, 7) is 6.99. The highest BCUT2D eigenvalue weighted by molar-refractivity contribution is 7.96. The molecule has 0 amide bonds. The lowest BCUT2D eigenvalue weighted by Gasteiger charge is -2.04. The summed E-state index contributed by atoms with van der Waals surface area (Å²) < 4.78 is 0. The average Bonchev–Trinajstić information content (AvgIpc) is 2.36. The van der Waals surface area contributed by atoms with Gasteiger partial charge in [-0.05, 0) is 37.6 Å². The van der Waals surface area contributed by atoms with Crippen LogP contribution in [-0.4, -0.2) is 22.7 Å². The smallest absolute Gasteiger partial charge is 0.108 e. The van der Waals surface area contributed by atoms with Gasteiger partial charge in [0, 0.05) is 0 Å². The second-order valence-electron chi connectivity index (χ2n) is 5.08. The molecule has 0 fully saturated rings. The molecule has 0 saturated carbocycles. The molecule has 1 nitrogen and oxygen atoms in total. The van der Waals surface area contributed by atoms with Crippen molar-refractivity contribution in [2.75, 3.05) is 17.3 Å². The van der Waals surface area contributed by atoms with Crippen LogP contribution < -0.4 is 0 Å². The van der Waals surface area contributed by atoms with E-state index in [-0.39, 0.29) is 5.48 Å². The molecule has 0 aromatic rings. The molecule has 0 saturated heterocycles. The quantitative estimate of drug-likeness (QED) is 0.328. The lowest BCUT2D eigenvalue weighted by molar-refractivity contribution is 0.563. The van der Waals surface area contributed by atoms with Crippen LogP contribution in [0.5, 0.6) is 0 Å². The molecule has 112 valence electrons. The molecule has 0 aliphatic heterocycles. The Morgan fingerprint density at radius 2 is 0.944 bits per heavy atom. The molecule has 0 aliphatic carbocycles. The molecule has 2 heteroatoms. The maximum absolute atomic E-state index is 2.35. The Morgan fingerprint density at radius 3 is 1.33 bits per heavy atom. The lowest BCUT2D eigenvalue weighted by atomic mass is 10.1. The summed E-state index contributed by atoms with van der Waals surface area (Å²) in [6, 6.07) is 0. The first-order valence-corrected chi connectivity index (χ1v) is 9.72. The summed E-state index contributed by atoms with van der Waals surface area (Å²) >= 11 is 0. The molecular weight excluding hydrogens is 240 g/mol. The van der Waals surface area contributed by atoms with Gasteiger partial charge in [0.2, 0.25) is 0 Å². The predicted molar refractivity (Wildman–Crippen MR) is 87.1 cm³/mol. The van der Waals surface area contributed by atoms with Crippen LogP contribution in [0.15, 0.2) is 0 Å². The highest BCUT2D eigenvalue weighted by Gasteiger charge is 2.10. The van der Waals surface area contributed by atoms with E-state index >= 15 is 0 Å². The van der Waals surface area contributed by atoms with Gasteiger partial charge in [-0.15, -0.1) is 0 Å². The van der Waals surface area contributed by atoms with Crippen molar-refractivity contribution in [2.24, 2.45) is 0 Å². The van der Waals surface area contributed by atoms with Crippen molar-refractivity contribution in [1.82, 2.24) is 0 Å². The highest BCUT2D eigenvalue weighted by atomic mass is 32.2. The minimum absolute atomic E-state index is 0. The highest BCUT2D eigenvalue weighted by Crippen LogP contribution is 2.11. The fourth-order valence-corrected chi connectivity index (χ4v) is 3.88. The van der Waals surface area contributed by atoms with Gasteiger partial charge in [0.15, 0.2) is 0 Å². The van der Waals surface area contributed by atoms with Gasteiger partial charge in [-0.25, -0.2) is 0 Å². The van der Waals surface area contributed by atoms with Crippen molar-refractivity contribution in [3.8, 4) is 0 Å². The second-order valence-corrected chi connectivity index (χ2v) is 7.86. The van der Waals surface area contributed by atoms with E-state index in [1.165, 1.54) is 81.5 Å². The SMILES string of the molecule is CCCCCCCCCCCC[S+](CC)CC.[OH-]. The molecule has 18 heavy (non-hydrogen) atoms. The van der Waals surface area contributed by atoms with Gasteiger partial charge in [-0.3, -0.25) is 0 Å². The number of rotatable bonds is 13. The fourth-order valence-electron chi connectivity index (χ4n) is 2.29. The van der Waals surface area contributed by atoms with Crippen LogP contribution in [0.4, 0.5) is 0 Å². The summed E-state index contributed by atoms with van der Waals surface area (Å²) in [5.74, 6) is 4.32. The maximum Gasteiger partial charge on any atom is 0.108 e. The zero-order valence-electron chi connectivity index (χ0n) is 13.0.